The van der Waals surface area contributed by atoms with Crippen molar-refractivity contribution < 1.29 is 4.79 Å². The van der Waals surface area contributed by atoms with Gasteiger partial charge in [-0.15, -0.1) is 11.8 Å². The van der Waals surface area contributed by atoms with Crippen LogP contribution >= 0.6 is 23.4 Å². The lowest BCUT2D eigenvalue weighted by Gasteiger charge is -2.09. The summed E-state index contributed by atoms with van der Waals surface area (Å²) in [5, 5.41) is 7.48. The first-order valence-corrected chi connectivity index (χ1v) is 8.84. The SMILES string of the molecule is CSc1ccc(Cl)c(C(=O)NCc2ccnc(-n3cccn3)c2)c1. The van der Waals surface area contributed by atoms with Crippen molar-refractivity contribution in [2.75, 3.05) is 6.26 Å². The van der Waals surface area contributed by atoms with E-state index < -0.39 is 0 Å². The van der Waals surface area contributed by atoms with Gasteiger partial charge >= 0.3 is 0 Å². The molecular formula is C17H15ClN4OS. The predicted octanol–water partition coefficient (Wildman–Crippen LogP) is 3.57. The van der Waals surface area contributed by atoms with Gasteiger partial charge in [0.25, 0.3) is 5.91 Å². The molecule has 0 saturated carbocycles. The molecule has 0 saturated heterocycles. The Morgan fingerprint density at radius 3 is 2.92 bits per heavy atom. The fourth-order valence-corrected chi connectivity index (χ4v) is 2.83. The topological polar surface area (TPSA) is 59.8 Å². The maximum absolute atomic E-state index is 12.4. The van der Waals surface area contributed by atoms with E-state index in [0.29, 0.717) is 22.9 Å². The highest BCUT2D eigenvalue weighted by Crippen LogP contribution is 2.23. The summed E-state index contributed by atoms with van der Waals surface area (Å²) in [7, 11) is 0. The molecule has 1 aromatic carbocycles. The molecule has 0 fully saturated rings. The fraction of sp³-hybridized carbons (Fsp3) is 0.118. The van der Waals surface area contributed by atoms with Crippen molar-refractivity contribution in [3.05, 3.63) is 71.1 Å². The number of benzene rings is 1. The summed E-state index contributed by atoms with van der Waals surface area (Å²) in [4.78, 5) is 17.6. The number of hydrogen-bond donors (Lipinski definition) is 1. The van der Waals surface area contributed by atoms with Crippen molar-refractivity contribution in [2.24, 2.45) is 0 Å². The van der Waals surface area contributed by atoms with E-state index in [2.05, 4.69) is 15.4 Å². The molecule has 0 spiro atoms. The third kappa shape index (κ3) is 3.77. The van der Waals surface area contributed by atoms with E-state index in [0.717, 1.165) is 10.5 Å². The zero-order valence-corrected chi connectivity index (χ0v) is 14.5. The smallest absolute Gasteiger partial charge is 0.253 e. The van der Waals surface area contributed by atoms with Gasteiger partial charge < -0.3 is 5.32 Å². The average molecular weight is 359 g/mol. The molecule has 1 amide bonds. The summed E-state index contributed by atoms with van der Waals surface area (Å²) in [6.45, 7) is 0.384. The molecule has 0 radical (unpaired) electrons. The van der Waals surface area contributed by atoms with Gasteiger partial charge in [0.15, 0.2) is 5.82 Å². The molecule has 0 atom stereocenters. The van der Waals surface area contributed by atoms with Gasteiger partial charge in [-0.2, -0.15) is 5.10 Å². The van der Waals surface area contributed by atoms with Crippen LogP contribution in [0.25, 0.3) is 5.82 Å². The highest BCUT2D eigenvalue weighted by atomic mass is 35.5. The van der Waals surface area contributed by atoms with Crippen LogP contribution in [0.2, 0.25) is 5.02 Å². The Labute approximate surface area is 149 Å². The van der Waals surface area contributed by atoms with Crippen LogP contribution in [0.3, 0.4) is 0 Å². The summed E-state index contributed by atoms with van der Waals surface area (Å²) >= 11 is 7.70. The minimum Gasteiger partial charge on any atom is -0.348 e. The first kappa shape index (κ1) is 16.5. The molecule has 24 heavy (non-hydrogen) atoms. The number of halogens is 1. The number of aromatic nitrogens is 3. The van der Waals surface area contributed by atoms with Crippen LogP contribution in [0.1, 0.15) is 15.9 Å². The quantitative estimate of drug-likeness (QED) is 0.708. The molecule has 1 N–H and O–H groups in total. The maximum atomic E-state index is 12.4. The lowest BCUT2D eigenvalue weighted by atomic mass is 10.2. The van der Waals surface area contributed by atoms with E-state index in [1.165, 1.54) is 0 Å². The third-order valence-corrected chi connectivity index (χ3v) is 4.48. The number of thioether (sulfide) groups is 1. The van der Waals surface area contributed by atoms with Crippen molar-refractivity contribution in [2.45, 2.75) is 11.4 Å². The van der Waals surface area contributed by atoms with Gasteiger partial charge in [0.1, 0.15) is 0 Å². The Bertz CT molecular complexity index is 852. The van der Waals surface area contributed by atoms with E-state index in [9.17, 15) is 4.79 Å². The molecule has 2 heterocycles. The molecule has 3 rings (SSSR count). The number of nitrogens with one attached hydrogen (secondary N) is 1. The van der Waals surface area contributed by atoms with Gasteiger partial charge in [0.05, 0.1) is 10.6 Å². The molecular weight excluding hydrogens is 344 g/mol. The highest BCUT2D eigenvalue weighted by molar-refractivity contribution is 7.98. The van der Waals surface area contributed by atoms with Crippen molar-refractivity contribution in [1.82, 2.24) is 20.1 Å². The molecule has 2 aromatic heterocycles. The first-order valence-electron chi connectivity index (χ1n) is 7.24. The molecule has 122 valence electrons. The second-order valence-corrected chi connectivity index (χ2v) is 6.29. The van der Waals surface area contributed by atoms with E-state index in [4.69, 9.17) is 11.6 Å². The molecule has 7 heteroatoms. The number of amides is 1. The van der Waals surface area contributed by atoms with Crippen LogP contribution in [-0.4, -0.2) is 26.9 Å². The Hall–Kier alpha value is -2.31. The van der Waals surface area contributed by atoms with Gasteiger partial charge in [-0.1, -0.05) is 11.6 Å². The zero-order chi connectivity index (χ0) is 16.9. The van der Waals surface area contributed by atoms with Crippen LogP contribution in [-0.2, 0) is 6.54 Å². The van der Waals surface area contributed by atoms with Crippen molar-refractivity contribution in [1.29, 1.82) is 0 Å². The van der Waals surface area contributed by atoms with Crippen molar-refractivity contribution >= 4 is 29.3 Å². The zero-order valence-electron chi connectivity index (χ0n) is 12.9. The summed E-state index contributed by atoms with van der Waals surface area (Å²) in [5.41, 5.74) is 1.41. The number of carbonyl (C=O) groups excluding carboxylic acids is 1. The first-order chi connectivity index (χ1) is 11.7. The molecule has 0 unspecified atom stereocenters. The van der Waals surface area contributed by atoms with E-state index in [1.807, 2.05) is 36.7 Å². The number of nitrogens with zero attached hydrogens (tertiary/aromatic N) is 3. The normalized spacial score (nSPS) is 10.6. The lowest BCUT2D eigenvalue weighted by molar-refractivity contribution is 0.0951. The molecule has 5 nitrogen and oxygen atoms in total. The fourth-order valence-electron chi connectivity index (χ4n) is 2.18. The summed E-state index contributed by atoms with van der Waals surface area (Å²) < 4.78 is 1.67. The molecule has 3 aromatic rings. The van der Waals surface area contributed by atoms with Crippen molar-refractivity contribution in [3.8, 4) is 5.82 Å². The standard InChI is InChI=1S/C17H15ClN4OS/c1-24-13-3-4-15(18)14(10-13)17(23)20-11-12-5-7-19-16(9-12)22-8-2-6-21-22/h2-10H,11H2,1H3,(H,20,23). The van der Waals surface area contributed by atoms with Crippen LogP contribution in [0.4, 0.5) is 0 Å². The van der Waals surface area contributed by atoms with Crippen LogP contribution in [0.5, 0.6) is 0 Å². The molecule has 0 aliphatic carbocycles. The van der Waals surface area contributed by atoms with Gasteiger partial charge in [0, 0.05) is 30.0 Å². The summed E-state index contributed by atoms with van der Waals surface area (Å²) in [6.07, 6.45) is 7.16. The summed E-state index contributed by atoms with van der Waals surface area (Å²) in [5.74, 6) is 0.502. The molecule has 0 aliphatic rings. The number of hydrogen-bond acceptors (Lipinski definition) is 4. The number of pyridine rings is 1. The molecule has 0 bridgehead atoms. The van der Waals surface area contributed by atoms with Gasteiger partial charge in [-0.25, -0.2) is 9.67 Å². The summed E-state index contributed by atoms with van der Waals surface area (Å²) in [6, 6.07) is 11.0. The van der Waals surface area contributed by atoms with E-state index in [-0.39, 0.29) is 5.91 Å². The highest BCUT2D eigenvalue weighted by Gasteiger charge is 2.11. The number of rotatable bonds is 5. The second kappa shape index (κ2) is 7.51. The Balaban J connectivity index is 1.72. The van der Waals surface area contributed by atoms with Gasteiger partial charge in [0.2, 0.25) is 0 Å². The Morgan fingerprint density at radius 1 is 1.29 bits per heavy atom. The van der Waals surface area contributed by atoms with Crippen molar-refractivity contribution in [3.63, 3.8) is 0 Å². The molecule has 0 aliphatic heterocycles. The monoisotopic (exact) mass is 358 g/mol. The predicted molar refractivity (Wildman–Crippen MR) is 95.8 cm³/mol. The van der Waals surface area contributed by atoms with Crippen LogP contribution in [0, 0.1) is 0 Å². The van der Waals surface area contributed by atoms with E-state index in [1.54, 1.807) is 41.0 Å². The van der Waals surface area contributed by atoms with Crippen LogP contribution in [0.15, 0.2) is 59.9 Å². The minimum atomic E-state index is -0.201. The third-order valence-electron chi connectivity index (χ3n) is 3.42. The van der Waals surface area contributed by atoms with Gasteiger partial charge in [-0.05, 0) is 48.2 Å². The Morgan fingerprint density at radius 2 is 2.17 bits per heavy atom. The second-order valence-electron chi connectivity index (χ2n) is 5.00. The van der Waals surface area contributed by atoms with Gasteiger partial charge in [-0.3, -0.25) is 4.79 Å². The minimum absolute atomic E-state index is 0.201. The van der Waals surface area contributed by atoms with E-state index >= 15 is 0 Å². The number of carbonyl (C=O) groups is 1. The average Bonchev–Trinajstić information content (AvgIpc) is 3.15. The largest absolute Gasteiger partial charge is 0.348 e. The Kier molecular flexibility index (Phi) is 5.17. The van der Waals surface area contributed by atoms with Crippen LogP contribution < -0.4 is 5.32 Å². The maximum Gasteiger partial charge on any atom is 0.253 e. The lowest BCUT2D eigenvalue weighted by Crippen LogP contribution is -2.23.